The summed E-state index contributed by atoms with van der Waals surface area (Å²) in [4.78, 5) is 30.3. The van der Waals surface area contributed by atoms with E-state index < -0.39 is 5.60 Å². The predicted molar refractivity (Wildman–Crippen MR) is 96.8 cm³/mol. The summed E-state index contributed by atoms with van der Waals surface area (Å²) in [6.07, 6.45) is 5.43. The van der Waals surface area contributed by atoms with Crippen LogP contribution in [0.2, 0.25) is 0 Å². The summed E-state index contributed by atoms with van der Waals surface area (Å²) < 4.78 is 7.89. The van der Waals surface area contributed by atoms with Crippen LogP contribution in [0.25, 0.3) is 0 Å². The number of nitrogens with one attached hydrogen (secondary N) is 1. The van der Waals surface area contributed by atoms with E-state index in [0.29, 0.717) is 25.8 Å². The molecule has 2 aliphatic rings. The highest BCUT2D eigenvalue weighted by atomic mass is 16.5. The fourth-order valence-corrected chi connectivity index (χ4v) is 3.90. The Labute approximate surface area is 157 Å². The summed E-state index contributed by atoms with van der Waals surface area (Å²) in [5.74, 6) is 0.798. The Balaban J connectivity index is 1.56. The van der Waals surface area contributed by atoms with Gasteiger partial charge in [-0.1, -0.05) is 18.2 Å². The number of amides is 2. The van der Waals surface area contributed by atoms with Gasteiger partial charge in [-0.15, -0.1) is 0 Å². The molecule has 27 heavy (non-hydrogen) atoms. The van der Waals surface area contributed by atoms with E-state index in [9.17, 15) is 9.59 Å². The van der Waals surface area contributed by atoms with Gasteiger partial charge in [-0.2, -0.15) is 5.10 Å². The summed E-state index contributed by atoms with van der Waals surface area (Å²) in [5.41, 5.74) is 0.527. The monoisotopic (exact) mass is 369 g/mol. The fraction of sp³-hybridized carbons (Fsp3) is 0.474. The Bertz CT molecular complexity index is 838. The van der Waals surface area contributed by atoms with E-state index in [2.05, 4.69) is 15.4 Å². The van der Waals surface area contributed by atoms with E-state index in [-0.39, 0.29) is 24.4 Å². The number of ether oxygens (including phenoxy) is 1. The first-order chi connectivity index (χ1) is 13.0. The lowest BCUT2D eigenvalue weighted by atomic mass is 9.82. The minimum Gasteiger partial charge on any atom is -0.487 e. The maximum atomic E-state index is 12.5. The van der Waals surface area contributed by atoms with E-state index in [4.69, 9.17) is 4.74 Å². The molecule has 4 rings (SSSR count). The fourth-order valence-electron chi connectivity index (χ4n) is 3.90. The SMILES string of the molecule is CN1CC[C@@]2(CCC1=O)C[C@@H](NC(=O)Cn1cncn1)c1ccccc1O2. The summed E-state index contributed by atoms with van der Waals surface area (Å²) in [6, 6.07) is 7.63. The third-order valence-corrected chi connectivity index (χ3v) is 5.43. The van der Waals surface area contributed by atoms with Crippen LogP contribution >= 0.6 is 0 Å². The molecular formula is C19H23N5O3. The van der Waals surface area contributed by atoms with Crippen molar-refractivity contribution >= 4 is 11.8 Å². The first-order valence-electron chi connectivity index (χ1n) is 9.18. The molecule has 8 nitrogen and oxygen atoms in total. The molecule has 1 N–H and O–H groups in total. The lowest BCUT2D eigenvalue weighted by molar-refractivity contribution is -0.129. The molecule has 2 atom stereocenters. The summed E-state index contributed by atoms with van der Waals surface area (Å²) >= 11 is 0. The number of aromatic nitrogens is 3. The number of carbonyl (C=O) groups excluding carboxylic acids is 2. The second kappa shape index (κ2) is 7.02. The van der Waals surface area contributed by atoms with E-state index in [0.717, 1.165) is 17.7 Å². The first kappa shape index (κ1) is 17.5. The largest absolute Gasteiger partial charge is 0.487 e. The van der Waals surface area contributed by atoms with Crippen molar-refractivity contribution in [2.75, 3.05) is 13.6 Å². The zero-order chi connectivity index (χ0) is 18.9. The van der Waals surface area contributed by atoms with Crippen LogP contribution < -0.4 is 10.1 Å². The maximum Gasteiger partial charge on any atom is 0.242 e. The van der Waals surface area contributed by atoms with Gasteiger partial charge in [0, 0.05) is 38.4 Å². The number of fused-ring (bicyclic) bond motifs is 1. The first-order valence-corrected chi connectivity index (χ1v) is 9.18. The number of likely N-dealkylation sites (tertiary alicyclic amines) is 1. The minimum absolute atomic E-state index is 0.119. The zero-order valence-electron chi connectivity index (χ0n) is 15.3. The highest BCUT2D eigenvalue weighted by Gasteiger charge is 2.43. The molecule has 0 radical (unpaired) electrons. The van der Waals surface area contributed by atoms with Gasteiger partial charge in [0.25, 0.3) is 0 Å². The quantitative estimate of drug-likeness (QED) is 0.881. The van der Waals surface area contributed by atoms with Crippen molar-refractivity contribution in [2.45, 2.75) is 43.9 Å². The summed E-state index contributed by atoms with van der Waals surface area (Å²) in [7, 11) is 1.83. The van der Waals surface area contributed by atoms with E-state index >= 15 is 0 Å². The number of nitrogens with zero attached hydrogens (tertiary/aromatic N) is 4. The Morgan fingerprint density at radius 3 is 3.04 bits per heavy atom. The number of carbonyl (C=O) groups is 2. The average Bonchev–Trinajstić information content (AvgIpc) is 3.12. The molecule has 1 fully saturated rings. The van der Waals surface area contributed by atoms with Crippen molar-refractivity contribution in [1.82, 2.24) is 25.0 Å². The Morgan fingerprint density at radius 2 is 2.22 bits per heavy atom. The van der Waals surface area contributed by atoms with Crippen LogP contribution in [-0.4, -0.2) is 50.7 Å². The molecule has 1 aromatic carbocycles. The number of hydrogen-bond donors (Lipinski definition) is 1. The molecule has 3 heterocycles. The molecule has 142 valence electrons. The molecule has 0 aliphatic carbocycles. The molecule has 8 heteroatoms. The molecule has 0 saturated carbocycles. The Kier molecular flexibility index (Phi) is 4.55. The highest BCUT2D eigenvalue weighted by molar-refractivity contribution is 5.77. The minimum atomic E-state index is -0.444. The normalized spacial score (nSPS) is 24.9. The topological polar surface area (TPSA) is 89.4 Å². The molecular weight excluding hydrogens is 346 g/mol. The number of hydrogen-bond acceptors (Lipinski definition) is 5. The van der Waals surface area contributed by atoms with Crippen LogP contribution in [0, 0.1) is 0 Å². The second-order valence-corrected chi connectivity index (χ2v) is 7.31. The van der Waals surface area contributed by atoms with Gasteiger partial charge < -0.3 is 15.0 Å². The van der Waals surface area contributed by atoms with Crippen LogP contribution in [0.1, 0.15) is 37.3 Å². The van der Waals surface area contributed by atoms with Gasteiger partial charge >= 0.3 is 0 Å². The van der Waals surface area contributed by atoms with Crippen LogP contribution in [0.4, 0.5) is 0 Å². The van der Waals surface area contributed by atoms with Gasteiger partial charge in [-0.05, 0) is 12.5 Å². The van der Waals surface area contributed by atoms with E-state index in [1.807, 2.05) is 31.3 Å². The van der Waals surface area contributed by atoms with Crippen molar-refractivity contribution < 1.29 is 14.3 Å². The van der Waals surface area contributed by atoms with Gasteiger partial charge in [0.2, 0.25) is 11.8 Å². The lowest BCUT2D eigenvalue weighted by Crippen LogP contribution is -2.46. The molecule has 0 unspecified atom stereocenters. The molecule has 2 aromatic rings. The van der Waals surface area contributed by atoms with Crippen molar-refractivity contribution in [3.8, 4) is 5.75 Å². The summed E-state index contributed by atoms with van der Waals surface area (Å²) in [6.45, 7) is 0.772. The van der Waals surface area contributed by atoms with Gasteiger partial charge in [0.05, 0.1) is 6.04 Å². The Hall–Kier alpha value is -2.90. The maximum absolute atomic E-state index is 12.5. The van der Waals surface area contributed by atoms with Gasteiger partial charge in [-0.25, -0.2) is 9.67 Å². The highest BCUT2D eigenvalue weighted by Crippen LogP contribution is 2.44. The molecule has 1 saturated heterocycles. The molecule has 1 aromatic heterocycles. The van der Waals surface area contributed by atoms with Crippen LogP contribution in [0.15, 0.2) is 36.9 Å². The summed E-state index contributed by atoms with van der Waals surface area (Å²) in [5, 5.41) is 7.10. The van der Waals surface area contributed by atoms with E-state index in [1.54, 1.807) is 4.90 Å². The second-order valence-electron chi connectivity index (χ2n) is 7.31. The Morgan fingerprint density at radius 1 is 1.37 bits per heavy atom. The smallest absolute Gasteiger partial charge is 0.242 e. The number of rotatable bonds is 3. The third kappa shape index (κ3) is 3.65. The standard InChI is InChI=1S/C19H23N5O3/c1-23-9-8-19(7-6-18(23)26)10-15(14-4-2-3-5-16(14)27-19)22-17(25)11-24-13-20-12-21-24/h2-5,12-13,15H,6-11H2,1H3,(H,22,25)/t15-,19+/m1/s1. The van der Waals surface area contributed by atoms with E-state index in [1.165, 1.54) is 17.3 Å². The number of para-hydroxylation sites is 1. The number of benzene rings is 1. The van der Waals surface area contributed by atoms with Gasteiger partial charge in [-0.3, -0.25) is 9.59 Å². The molecule has 0 bridgehead atoms. The molecule has 1 spiro atoms. The van der Waals surface area contributed by atoms with Crippen molar-refractivity contribution in [1.29, 1.82) is 0 Å². The lowest BCUT2D eigenvalue weighted by Gasteiger charge is -2.42. The predicted octanol–water partition coefficient (Wildman–Crippen LogP) is 1.30. The van der Waals surface area contributed by atoms with Crippen LogP contribution in [-0.2, 0) is 16.1 Å². The molecule has 2 amide bonds. The van der Waals surface area contributed by atoms with Gasteiger partial charge in [0.15, 0.2) is 0 Å². The van der Waals surface area contributed by atoms with Crippen LogP contribution in [0.3, 0.4) is 0 Å². The van der Waals surface area contributed by atoms with Crippen molar-refractivity contribution in [3.05, 3.63) is 42.5 Å². The average molecular weight is 369 g/mol. The van der Waals surface area contributed by atoms with Crippen molar-refractivity contribution in [3.63, 3.8) is 0 Å². The third-order valence-electron chi connectivity index (χ3n) is 5.43. The molecule has 2 aliphatic heterocycles. The van der Waals surface area contributed by atoms with Crippen LogP contribution in [0.5, 0.6) is 5.75 Å². The van der Waals surface area contributed by atoms with Gasteiger partial charge in [0.1, 0.15) is 30.5 Å². The zero-order valence-corrected chi connectivity index (χ0v) is 15.3. The van der Waals surface area contributed by atoms with Crippen molar-refractivity contribution in [2.24, 2.45) is 0 Å².